The maximum Gasteiger partial charge on any atom is 0.265 e. The van der Waals surface area contributed by atoms with Crippen LogP contribution in [0.25, 0.3) is 5.57 Å². The highest BCUT2D eigenvalue weighted by Crippen LogP contribution is 2.14. The van der Waals surface area contributed by atoms with Gasteiger partial charge in [0.25, 0.3) is 11.8 Å². The molecule has 0 saturated carbocycles. The van der Waals surface area contributed by atoms with Crippen LogP contribution in [0, 0.1) is 0 Å². The van der Waals surface area contributed by atoms with Crippen LogP contribution in [0.3, 0.4) is 0 Å². The SMILES string of the molecule is CC/C=C(/C)c1nc(N(C)C)no1. The van der Waals surface area contributed by atoms with E-state index in [1.807, 2.05) is 25.9 Å². The van der Waals surface area contributed by atoms with Crippen LogP contribution in [-0.2, 0) is 0 Å². The van der Waals surface area contributed by atoms with Crippen LogP contribution < -0.4 is 4.90 Å². The summed E-state index contributed by atoms with van der Waals surface area (Å²) in [6.07, 6.45) is 3.04. The van der Waals surface area contributed by atoms with Crippen LogP contribution in [0.1, 0.15) is 26.2 Å². The molecule has 1 rings (SSSR count). The zero-order valence-electron chi connectivity index (χ0n) is 8.53. The Morgan fingerprint density at radius 3 is 2.69 bits per heavy atom. The third-order valence-corrected chi connectivity index (χ3v) is 1.66. The van der Waals surface area contributed by atoms with E-state index in [9.17, 15) is 0 Å². The van der Waals surface area contributed by atoms with Gasteiger partial charge in [-0.3, -0.25) is 0 Å². The van der Waals surface area contributed by atoms with Crippen molar-refractivity contribution < 1.29 is 4.52 Å². The fraction of sp³-hybridized carbons (Fsp3) is 0.556. The molecule has 0 amide bonds. The van der Waals surface area contributed by atoms with Crippen molar-refractivity contribution in [2.24, 2.45) is 0 Å². The molecule has 0 aliphatic rings. The van der Waals surface area contributed by atoms with Crippen molar-refractivity contribution in [3.05, 3.63) is 12.0 Å². The van der Waals surface area contributed by atoms with E-state index in [0.717, 1.165) is 12.0 Å². The molecule has 0 saturated heterocycles. The van der Waals surface area contributed by atoms with E-state index in [1.165, 1.54) is 0 Å². The van der Waals surface area contributed by atoms with E-state index in [4.69, 9.17) is 4.52 Å². The molecule has 1 aromatic heterocycles. The predicted octanol–water partition coefficient (Wildman–Crippen LogP) is 1.95. The minimum absolute atomic E-state index is 0.602. The molecule has 4 nitrogen and oxygen atoms in total. The Hall–Kier alpha value is -1.32. The van der Waals surface area contributed by atoms with Crippen molar-refractivity contribution in [3.63, 3.8) is 0 Å². The monoisotopic (exact) mass is 181 g/mol. The lowest BCUT2D eigenvalue weighted by Gasteiger charge is -2.02. The molecule has 1 heterocycles. The summed E-state index contributed by atoms with van der Waals surface area (Å²) in [5.74, 6) is 1.21. The van der Waals surface area contributed by atoms with Gasteiger partial charge < -0.3 is 9.42 Å². The summed E-state index contributed by atoms with van der Waals surface area (Å²) in [7, 11) is 3.76. The predicted molar refractivity (Wildman–Crippen MR) is 52.6 cm³/mol. The Morgan fingerprint density at radius 2 is 2.23 bits per heavy atom. The van der Waals surface area contributed by atoms with Gasteiger partial charge in [0.15, 0.2) is 0 Å². The summed E-state index contributed by atoms with van der Waals surface area (Å²) < 4.78 is 5.07. The van der Waals surface area contributed by atoms with Gasteiger partial charge in [0.05, 0.1) is 0 Å². The highest BCUT2D eigenvalue weighted by Gasteiger charge is 2.07. The summed E-state index contributed by atoms with van der Waals surface area (Å²) in [6, 6.07) is 0. The molecule has 4 heteroatoms. The summed E-state index contributed by atoms with van der Waals surface area (Å²) in [6.45, 7) is 4.04. The molecule has 0 aliphatic heterocycles. The van der Waals surface area contributed by atoms with Crippen LogP contribution in [0.15, 0.2) is 10.6 Å². The smallest absolute Gasteiger partial charge is 0.265 e. The molecule has 0 aliphatic carbocycles. The molecule has 0 bridgehead atoms. The standard InChI is InChI=1S/C9H15N3O/c1-5-6-7(2)8-10-9(11-13-8)12(3)4/h6H,5H2,1-4H3/b7-6-. The number of allylic oxidation sites excluding steroid dienone is 2. The van der Waals surface area contributed by atoms with E-state index in [-0.39, 0.29) is 0 Å². The Kier molecular flexibility index (Phi) is 3.06. The zero-order chi connectivity index (χ0) is 9.84. The molecular formula is C9H15N3O. The average molecular weight is 181 g/mol. The second-order valence-corrected chi connectivity index (χ2v) is 3.09. The molecular weight excluding hydrogens is 166 g/mol. The fourth-order valence-corrected chi connectivity index (χ4v) is 0.951. The lowest BCUT2D eigenvalue weighted by Crippen LogP contribution is -2.10. The van der Waals surface area contributed by atoms with Crippen molar-refractivity contribution in [2.75, 3.05) is 19.0 Å². The molecule has 0 fully saturated rings. The van der Waals surface area contributed by atoms with Gasteiger partial charge >= 0.3 is 0 Å². The summed E-state index contributed by atoms with van der Waals surface area (Å²) >= 11 is 0. The Balaban J connectivity index is 2.85. The van der Waals surface area contributed by atoms with E-state index < -0.39 is 0 Å². The van der Waals surface area contributed by atoms with Gasteiger partial charge in [-0.05, 0) is 18.5 Å². The number of hydrogen-bond donors (Lipinski definition) is 0. The van der Waals surface area contributed by atoms with E-state index >= 15 is 0 Å². The molecule has 0 N–H and O–H groups in total. The number of nitrogens with zero attached hydrogens (tertiary/aromatic N) is 3. The topological polar surface area (TPSA) is 42.2 Å². The quantitative estimate of drug-likeness (QED) is 0.714. The number of hydrogen-bond acceptors (Lipinski definition) is 4. The summed E-state index contributed by atoms with van der Waals surface area (Å²) in [4.78, 5) is 6.02. The van der Waals surface area contributed by atoms with Crippen LogP contribution in [-0.4, -0.2) is 24.2 Å². The lowest BCUT2D eigenvalue weighted by atomic mass is 10.2. The third-order valence-electron chi connectivity index (χ3n) is 1.66. The lowest BCUT2D eigenvalue weighted by molar-refractivity contribution is 0.407. The number of aromatic nitrogens is 2. The average Bonchev–Trinajstić information content (AvgIpc) is 2.52. The molecule has 13 heavy (non-hydrogen) atoms. The Morgan fingerprint density at radius 1 is 1.54 bits per heavy atom. The number of rotatable bonds is 3. The van der Waals surface area contributed by atoms with Crippen molar-refractivity contribution in [3.8, 4) is 0 Å². The minimum atomic E-state index is 0.602. The first-order valence-corrected chi connectivity index (χ1v) is 4.33. The van der Waals surface area contributed by atoms with Crippen LogP contribution in [0.5, 0.6) is 0 Å². The van der Waals surface area contributed by atoms with Crippen molar-refractivity contribution in [1.82, 2.24) is 10.1 Å². The zero-order valence-corrected chi connectivity index (χ0v) is 8.53. The maximum atomic E-state index is 5.07. The van der Waals surface area contributed by atoms with Crippen LogP contribution in [0.4, 0.5) is 5.95 Å². The molecule has 0 aromatic carbocycles. The highest BCUT2D eigenvalue weighted by molar-refractivity contribution is 5.56. The first-order valence-electron chi connectivity index (χ1n) is 4.33. The summed E-state index contributed by atoms with van der Waals surface area (Å²) in [5, 5.41) is 3.82. The van der Waals surface area contributed by atoms with E-state index in [0.29, 0.717) is 11.8 Å². The van der Waals surface area contributed by atoms with Crippen molar-refractivity contribution >= 4 is 11.5 Å². The summed E-state index contributed by atoms with van der Waals surface area (Å²) in [5.41, 5.74) is 1.03. The molecule has 0 atom stereocenters. The van der Waals surface area contributed by atoms with Gasteiger partial charge in [-0.25, -0.2) is 0 Å². The second-order valence-electron chi connectivity index (χ2n) is 3.09. The Labute approximate surface area is 78.2 Å². The van der Waals surface area contributed by atoms with Gasteiger partial charge in [0.2, 0.25) is 0 Å². The Bertz CT molecular complexity index is 302. The molecule has 0 unspecified atom stereocenters. The third kappa shape index (κ3) is 2.31. The first kappa shape index (κ1) is 9.77. The minimum Gasteiger partial charge on any atom is -0.344 e. The molecule has 0 radical (unpaired) electrons. The second kappa shape index (κ2) is 4.07. The molecule has 0 spiro atoms. The fourth-order valence-electron chi connectivity index (χ4n) is 0.951. The first-order chi connectivity index (χ1) is 6.15. The van der Waals surface area contributed by atoms with Gasteiger partial charge in [0, 0.05) is 19.7 Å². The molecule has 72 valence electrons. The van der Waals surface area contributed by atoms with Gasteiger partial charge in [0.1, 0.15) is 0 Å². The van der Waals surface area contributed by atoms with Gasteiger partial charge in [-0.15, -0.1) is 0 Å². The normalized spacial score (nSPS) is 11.8. The van der Waals surface area contributed by atoms with Crippen molar-refractivity contribution in [1.29, 1.82) is 0 Å². The van der Waals surface area contributed by atoms with Crippen LogP contribution in [0.2, 0.25) is 0 Å². The largest absolute Gasteiger partial charge is 0.344 e. The maximum absolute atomic E-state index is 5.07. The number of anilines is 1. The highest BCUT2D eigenvalue weighted by atomic mass is 16.5. The van der Waals surface area contributed by atoms with Crippen LogP contribution >= 0.6 is 0 Å². The van der Waals surface area contributed by atoms with E-state index in [2.05, 4.69) is 23.1 Å². The molecule has 1 aromatic rings. The van der Waals surface area contributed by atoms with Gasteiger partial charge in [-0.1, -0.05) is 13.0 Å². The van der Waals surface area contributed by atoms with Crippen molar-refractivity contribution in [2.45, 2.75) is 20.3 Å². The van der Waals surface area contributed by atoms with Gasteiger partial charge in [-0.2, -0.15) is 4.98 Å². The van der Waals surface area contributed by atoms with E-state index in [1.54, 1.807) is 0 Å².